The molecule has 0 amide bonds. The Morgan fingerprint density at radius 3 is 2.45 bits per heavy atom. The second kappa shape index (κ2) is 11.2. The monoisotopic (exact) mass is 610 g/mol. The van der Waals surface area contributed by atoms with E-state index in [0.29, 0.717) is 43.5 Å². The number of pyridine rings is 1. The van der Waals surface area contributed by atoms with Gasteiger partial charge in [0.05, 0.1) is 32.5 Å². The molecule has 0 saturated carbocycles. The number of hydrogen-bond donors (Lipinski definition) is 1. The van der Waals surface area contributed by atoms with Crippen LogP contribution < -0.4 is 15.1 Å². The van der Waals surface area contributed by atoms with Crippen LogP contribution >= 0.6 is 47.0 Å². The number of nitrogens with one attached hydrogen (secondary N) is 1. The Balaban J connectivity index is 1.40. The highest BCUT2D eigenvalue weighted by Gasteiger charge is 2.43. The summed E-state index contributed by atoms with van der Waals surface area (Å²) < 4.78 is 6.46. The van der Waals surface area contributed by atoms with E-state index in [0.717, 1.165) is 35.7 Å². The number of anilines is 2. The first-order valence-corrected chi connectivity index (χ1v) is 14.9. The minimum atomic E-state index is -0.314. The highest BCUT2D eigenvalue weighted by atomic mass is 35.5. The van der Waals surface area contributed by atoms with Gasteiger partial charge in [0, 0.05) is 30.5 Å². The maximum absolute atomic E-state index is 6.95. The lowest BCUT2D eigenvalue weighted by molar-refractivity contribution is 0.357. The van der Waals surface area contributed by atoms with Crippen LogP contribution in [0.25, 0.3) is 11.3 Å². The normalized spacial score (nSPS) is 23.0. The van der Waals surface area contributed by atoms with E-state index in [1.54, 1.807) is 12.3 Å². The Morgan fingerprint density at radius 2 is 1.73 bits per heavy atom. The van der Waals surface area contributed by atoms with Crippen LogP contribution in [0.15, 0.2) is 77.3 Å². The van der Waals surface area contributed by atoms with Gasteiger partial charge in [0.25, 0.3) is 0 Å². The number of hydrogen-bond acceptors (Lipinski definition) is 4. The van der Waals surface area contributed by atoms with Gasteiger partial charge in [0.2, 0.25) is 0 Å². The molecule has 206 valence electrons. The Labute approximate surface area is 255 Å². The maximum atomic E-state index is 6.95. The number of thiocarbonyl (C=S) groups is 1. The van der Waals surface area contributed by atoms with E-state index < -0.39 is 0 Å². The molecule has 0 radical (unpaired) electrons. The first-order valence-electron chi connectivity index (χ1n) is 13.4. The molecule has 0 spiro atoms. The molecule has 40 heavy (non-hydrogen) atoms. The topological polar surface area (TPSA) is 44.5 Å². The molecule has 4 atom stereocenters. The van der Waals surface area contributed by atoms with Crippen LogP contribution in [-0.4, -0.2) is 23.2 Å². The first kappa shape index (κ1) is 27.4. The molecule has 0 unspecified atom stereocenters. The summed E-state index contributed by atoms with van der Waals surface area (Å²) in [7, 11) is 0. The summed E-state index contributed by atoms with van der Waals surface area (Å²) >= 11 is 25.7. The van der Waals surface area contributed by atoms with Gasteiger partial charge in [0.15, 0.2) is 5.11 Å². The van der Waals surface area contributed by atoms with Crippen LogP contribution in [0.1, 0.15) is 43.8 Å². The third kappa shape index (κ3) is 5.18. The van der Waals surface area contributed by atoms with Crippen molar-refractivity contribution in [3.05, 3.63) is 99.4 Å². The van der Waals surface area contributed by atoms with Crippen LogP contribution in [0.4, 0.5) is 11.4 Å². The van der Waals surface area contributed by atoms with Crippen molar-refractivity contribution in [1.82, 2.24) is 10.3 Å². The van der Waals surface area contributed by atoms with Gasteiger partial charge in [-0.3, -0.25) is 4.98 Å². The zero-order valence-electron chi connectivity index (χ0n) is 22.2. The van der Waals surface area contributed by atoms with Gasteiger partial charge in [0.1, 0.15) is 17.6 Å². The van der Waals surface area contributed by atoms with Crippen LogP contribution in [-0.2, 0) is 0 Å². The molecule has 0 aliphatic carbocycles. The van der Waals surface area contributed by atoms with Crippen molar-refractivity contribution in [2.24, 2.45) is 11.8 Å². The van der Waals surface area contributed by atoms with E-state index in [2.05, 4.69) is 46.1 Å². The van der Waals surface area contributed by atoms with Crippen LogP contribution in [0, 0.1) is 11.8 Å². The van der Waals surface area contributed by atoms with Gasteiger partial charge in [-0.25, -0.2) is 0 Å². The quantitative estimate of drug-likeness (QED) is 0.227. The largest absolute Gasteiger partial charge is 0.459 e. The van der Waals surface area contributed by atoms with Crippen molar-refractivity contribution in [2.75, 3.05) is 22.9 Å². The SMILES string of the molecule is C[C@@H]1C[C@H](C)CN(c2ccc(N3C(=S)N[C@H](c4ccccn4)[C@@H]3c3ccc(-c4cccc(Cl)c4Cl)o3)cc2Cl)C1. The van der Waals surface area contributed by atoms with E-state index in [-0.39, 0.29) is 12.1 Å². The molecule has 9 heteroatoms. The summed E-state index contributed by atoms with van der Waals surface area (Å²) in [5, 5.41) is 5.68. The Morgan fingerprint density at radius 1 is 0.925 bits per heavy atom. The van der Waals surface area contributed by atoms with E-state index in [9.17, 15) is 0 Å². The summed E-state index contributed by atoms with van der Waals surface area (Å²) in [6, 6.07) is 20.9. The fourth-order valence-electron chi connectivity index (χ4n) is 6.03. The number of piperidine rings is 1. The van der Waals surface area contributed by atoms with Crippen molar-refractivity contribution in [2.45, 2.75) is 32.4 Å². The molecule has 0 bridgehead atoms. The van der Waals surface area contributed by atoms with E-state index in [4.69, 9.17) is 51.4 Å². The summed E-state index contributed by atoms with van der Waals surface area (Å²) in [4.78, 5) is 9.09. The van der Waals surface area contributed by atoms with Crippen LogP contribution in [0.5, 0.6) is 0 Å². The molecule has 4 heterocycles. The van der Waals surface area contributed by atoms with Crippen molar-refractivity contribution in [3.63, 3.8) is 0 Å². The van der Waals surface area contributed by atoms with Crippen molar-refractivity contribution in [1.29, 1.82) is 0 Å². The minimum absolute atomic E-state index is 0.246. The number of nitrogens with zero attached hydrogens (tertiary/aromatic N) is 3. The highest BCUT2D eigenvalue weighted by molar-refractivity contribution is 7.80. The van der Waals surface area contributed by atoms with Gasteiger partial charge in [-0.1, -0.05) is 60.8 Å². The van der Waals surface area contributed by atoms with Gasteiger partial charge in [-0.05, 0) is 85.1 Å². The number of rotatable bonds is 5. The van der Waals surface area contributed by atoms with Gasteiger partial charge in [-0.15, -0.1) is 0 Å². The van der Waals surface area contributed by atoms with E-state index >= 15 is 0 Å². The third-order valence-electron chi connectivity index (χ3n) is 7.65. The number of halogens is 3. The predicted molar refractivity (Wildman–Crippen MR) is 169 cm³/mol. The van der Waals surface area contributed by atoms with Crippen molar-refractivity contribution < 1.29 is 4.42 Å². The highest BCUT2D eigenvalue weighted by Crippen LogP contribution is 2.45. The zero-order chi connectivity index (χ0) is 28.0. The summed E-state index contributed by atoms with van der Waals surface area (Å²) in [5.74, 6) is 2.59. The predicted octanol–water partition coefficient (Wildman–Crippen LogP) is 8.96. The molecule has 2 aromatic heterocycles. The average Bonchev–Trinajstić information content (AvgIpc) is 3.54. The van der Waals surface area contributed by atoms with Crippen molar-refractivity contribution in [3.8, 4) is 11.3 Å². The molecule has 1 N–H and O–H groups in total. The lowest BCUT2D eigenvalue weighted by atomic mass is 9.91. The fraction of sp³-hybridized carbons (Fsp3) is 0.290. The van der Waals surface area contributed by atoms with Crippen molar-refractivity contribution >= 4 is 63.5 Å². The van der Waals surface area contributed by atoms with E-state index in [1.165, 1.54) is 6.42 Å². The summed E-state index contributed by atoms with van der Waals surface area (Å²) in [6.07, 6.45) is 3.02. The fourth-order valence-corrected chi connectivity index (χ4v) is 7.07. The molecule has 6 rings (SSSR count). The Hall–Kier alpha value is -2.77. The molecule has 2 saturated heterocycles. The molecular weight excluding hydrogens is 583 g/mol. The lowest BCUT2D eigenvalue weighted by Gasteiger charge is -2.37. The Bertz CT molecular complexity index is 1530. The molecule has 2 fully saturated rings. The molecule has 2 aliphatic rings. The smallest absolute Gasteiger partial charge is 0.174 e. The average molecular weight is 612 g/mol. The first-order chi connectivity index (χ1) is 19.3. The summed E-state index contributed by atoms with van der Waals surface area (Å²) in [5.41, 5.74) is 3.52. The molecule has 4 aromatic rings. The van der Waals surface area contributed by atoms with Gasteiger partial charge >= 0.3 is 0 Å². The molecule has 2 aromatic carbocycles. The second-order valence-corrected chi connectivity index (χ2v) is 12.4. The number of aromatic nitrogens is 1. The number of furan rings is 1. The van der Waals surface area contributed by atoms with Crippen LogP contribution in [0.2, 0.25) is 15.1 Å². The molecule has 2 aliphatic heterocycles. The van der Waals surface area contributed by atoms with Crippen LogP contribution in [0.3, 0.4) is 0 Å². The van der Waals surface area contributed by atoms with Gasteiger partial charge in [-0.2, -0.15) is 0 Å². The molecular formula is C31H29Cl3N4OS. The standard InChI is InChI=1S/C31H29Cl3N4OS/c1-18-14-19(2)17-37(16-18)25-10-9-20(15-23(25)33)38-30(29(36-31(38)40)24-8-3-4-13-35-24)27-12-11-26(39-27)21-6-5-7-22(32)28(21)34/h3-13,15,18-19,29-30H,14,16-17H2,1-2H3,(H,36,40)/t18-,19+,29-,30+/m1/s1. The minimum Gasteiger partial charge on any atom is -0.459 e. The lowest BCUT2D eigenvalue weighted by Crippen LogP contribution is -2.38. The third-order valence-corrected chi connectivity index (χ3v) is 9.09. The second-order valence-electron chi connectivity index (χ2n) is 10.8. The van der Waals surface area contributed by atoms with Gasteiger partial charge < -0.3 is 19.5 Å². The summed E-state index contributed by atoms with van der Waals surface area (Å²) in [6.45, 7) is 6.60. The van der Waals surface area contributed by atoms with E-state index in [1.807, 2.05) is 48.5 Å². The maximum Gasteiger partial charge on any atom is 0.174 e. The number of benzene rings is 2. The molecule has 5 nitrogen and oxygen atoms in total. The Kier molecular flexibility index (Phi) is 7.71. The zero-order valence-corrected chi connectivity index (χ0v) is 25.2.